The average molecular weight is 255 g/mol. The van der Waals surface area contributed by atoms with E-state index in [1.807, 2.05) is 0 Å². The molecule has 1 heterocycles. The summed E-state index contributed by atoms with van der Waals surface area (Å²) in [5, 5.41) is 11.5. The third-order valence-electron chi connectivity index (χ3n) is 3.64. The van der Waals surface area contributed by atoms with Crippen LogP contribution in [0.3, 0.4) is 0 Å². The molecule has 0 radical (unpaired) electrons. The lowest BCUT2D eigenvalue weighted by Crippen LogP contribution is -2.46. The first-order chi connectivity index (χ1) is 8.56. The average Bonchev–Trinajstić information content (AvgIpc) is 3.07. The van der Waals surface area contributed by atoms with Crippen molar-refractivity contribution in [2.45, 2.75) is 50.2 Å². The van der Waals surface area contributed by atoms with Gasteiger partial charge < -0.3 is 16.2 Å². The quantitative estimate of drug-likeness (QED) is 0.596. The van der Waals surface area contributed by atoms with E-state index >= 15 is 0 Å². The highest BCUT2D eigenvalue weighted by Gasteiger charge is 2.35. The maximum Gasteiger partial charge on any atom is 0.303 e. The molecule has 0 aromatic heterocycles. The minimum atomic E-state index is -0.918. The Kier molecular flexibility index (Phi) is 4.19. The second kappa shape index (κ2) is 5.67. The van der Waals surface area contributed by atoms with Crippen molar-refractivity contribution in [3.63, 3.8) is 0 Å². The lowest BCUT2D eigenvalue weighted by atomic mass is 10.1. The molecule has 2 rings (SSSR count). The van der Waals surface area contributed by atoms with Crippen molar-refractivity contribution >= 4 is 11.9 Å². The number of nitrogens with zero attached hydrogens (tertiary/aromatic N) is 1. The van der Waals surface area contributed by atoms with Gasteiger partial charge in [0.2, 0.25) is 5.91 Å². The lowest BCUT2D eigenvalue weighted by Gasteiger charge is -2.17. The highest BCUT2D eigenvalue weighted by atomic mass is 16.4. The summed E-state index contributed by atoms with van der Waals surface area (Å²) in [7, 11) is 0. The van der Waals surface area contributed by atoms with Crippen LogP contribution in [0, 0.1) is 0 Å². The fraction of sp³-hybridized carbons (Fsp3) is 0.833. The molecule has 2 unspecified atom stereocenters. The maximum absolute atomic E-state index is 11.8. The first-order valence-electron chi connectivity index (χ1n) is 6.58. The smallest absolute Gasteiger partial charge is 0.303 e. The molecule has 0 bridgehead atoms. The van der Waals surface area contributed by atoms with Crippen molar-refractivity contribution in [2.75, 3.05) is 13.1 Å². The van der Waals surface area contributed by atoms with Crippen LogP contribution in [0.5, 0.6) is 0 Å². The number of carbonyl (C=O) groups excluding carboxylic acids is 1. The molecule has 0 aromatic carbocycles. The number of hydrogen-bond donors (Lipinski definition) is 3. The van der Waals surface area contributed by atoms with Crippen LogP contribution in [0.15, 0.2) is 0 Å². The van der Waals surface area contributed by atoms with Gasteiger partial charge in [-0.25, -0.2) is 0 Å². The zero-order valence-corrected chi connectivity index (χ0v) is 10.5. The highest BCUT2D eigenvalue weighted by molar-refractivity contribution is 5.82. The molecule has 2 fully saturated rings. The number of hydrogen-bond acceptors (Lipinski definition) is 4. The van der Waals surface area contributed by atoms with Crippen LogP contribution in [0.25, 0.3) is 0 Å². The molecule has 0 spiro atoms. The van der Waals surface area contributed by atoms with Crippen molar-refractivity contribution in [1.29, 1.82) is 0 Å². The van der Waals surface area contributed by atoms with Gasteiger partial charge in [-0.15, -0.1) is 0 Å². The van der Waals surface area contributed by atoms with Gasteiger partial charge in [-0.1, -0.05) is 0 Å². The topological polar surface area (TPSA) is 95.7 Å². The van der Waals surface area contributed by atoms with E-state index in [1.165, 1.54) is 12.8 Å². The molecule has 1 saturated carbocycles. The first-order valence-corrected chi connectivity index (χ1v) is 6.58. The van der Waals surface area contributed by atoms with Crippen LogP contribution in [-0.2, 0) is 9.59 Å². The van der Waals surface area contributed by atoms with E-state index in [4.69, 9.17) is 10.8 Å². The van der Waals surface area contributed by atoms with Crippen LogP contribution in [0.1, 0.15) is 32.1 Å². The molecule has 1 saturated heterocycles. The summed E-state index contributed by atoms with van der Waals surface area (Å²) in [6.45, 7) is 1.95. The van der Waals surface area contributed by atoms with Gasteiger partial charge in [-0.2, -0.15) is 0 Å². The Morgan fingerprint density at radius 3 is 2.72 bits per heavy atom. The Balaban J connectivity index is 1.68. The third kappa shape index (κ3) is 3.68. The number of carboxylic acids is 1. The fourth-order valence-corrected chi connectivity index (χ4v) is 2.39. The third-order valence-corrected chi connectivity index (χ3v) is 3.64. The van der Waals surface area contributed by atoms with E-state index in [-0.39, 0.29) is 24.8 Å². The van der Waals surface area contributed by atoms with E-state index < -0.39 is 12.0 Å². The van der Waals surface area contributed by atoms with Gasteiger partial charge in [0, 0.05) is 31.6 Å². The van der Waals surface area contributed by atoms with Gasteiger partial charge in [0.1, 0.15) is 0 Å². The standard InChI is InChI=1S/C12H21N3O3/c13-10(3-4-11(16)17)12(18)14-8-5-6-15(7-8)9-1-2-9/h8-10H,1-7,13H2,(H,14,18)(H,16,17). The molecule has 6 heteroatoms. The number of likely N-dealkylation sites (tertiary alicyclic amines) is 1. The molecule has 4 N–H and O–H groups in total. The lowest BCUT2D eigenvalue weighted by molar-refractivity contribution is -0.137. The highest BCUT2D eigenvalue weighted by Crippen LogP contribution is 2.29. The van der Waals surface area contributed by atoms with E-state index in [9.17, 15) is 9.59 Å². The molecule has 18 heavy (non-hydrogen) atoms. The number of carboxylic acid groups (broad SMARTS) is 1. The van der Waals surface area contributed by atoms with Crippen molar-refractivity contribution in [3.05, 3.63) is 0 Å². The van der Waals surface area contributed by atoms with Crippen molar-refractivity contribution in [3.8, 4) is 0 Å². The molecule has 1 amide bonds. The van der Waals surface area contributed by atoms with Gasteiger partial charge >= 0.3 is 5.97 Å². The molecule has 0 aromatic rings. The normalized spacial score (nSPS) is 25.9. The second-order valence-corrected chi connectivity index (χ2v) is 5.26. The number of rotatable bonds is 6. The summed E-state index contributed by atoms with van der Waals surface area (Å²) in [5.41, 5.74) is 5.66. The van der Waals surface area contributed by atoms with E-state index in [2.05, 4.69) is 10.2 Å². The summed E-state index contributed by atoms with van der Waals surface area (Å²) < 4.78 is 0. The fourth-order valence-electron chi connectivity index (χ4n) is 2.39. The Labute approximate surface area is 107 Å². The molecule has 2 atom stereocenters. The number of nitrogens with two attached hydrogens (primary N) is 1. The Morgan fingerprint density at radius 1 is 1.39 bits per heavy atom. The van der Waals surface area contributed by atoms with Gasteiger partial charge in [-0.05, 0) is 25.7 Å². The van der Waals surface area contributed by atoms with Crippen molar-refractivity contribution in [1.82, 2.24) is 10.2 Å². The van der Waals surface area contributed by atoms with Crippen LogP contribution in [-0.4, -0.2) is 53.1 Å². The summed E-state index contributed by atoms with van der Waals surface area (Å²) in [4.78, 5) is 24.6. The summed E-state index contributed by atoms with van der Waals surface area (Å²) in [6, 6.07) is 0.192. The van der Waals surface area contributed by atoms with Crippen LogP contribution in [0.4, 0.5) is 0 Å². The van der Waals surface area contributed by atoms with E-state index in [0.717, 1.165) is 25.6 Å². The zero-order valence-electron chi connectivity index (χ0n) is 10.5. The first kappa shape index (κ1) is 13.3. The molecule has 1 aliphatic heterocycles. The molecule has 2 aliphatic rings. The van der Waals surface area contributed by atoms with E-state index in [0.29, 0.717) is 0 Å². The summed E-state index contributed by atoms with van der Waals surface area (Å²) in [6.07, 6.45) is 3.65. The van der Waals surface area contributed by atoms with Crippen molar-refractivity contribution < 1.29 is 14.7 Å². The van der Waals surface area contributed by atoms with Crippen LogP contribution >= 0.6 is 0 Å². The SMILES string of the molecule is NC(CCC(=O)O)C(=O)NC1CCN(C2CC2)C1. The predicted molar refractivity (Wildman–Crippen MR) is 66.0 cm³/mol. The number of nitrogens with one attached hydrogen (secondary N) is 1. The zero-order chi connectivity index (χ0) is 13.1. The molecule has 102 valence electrons. The minimum absolute atomic E-state index is 0.0621. The van der Waals surface area contributed by atoms with Gasteiger partial charge in [0.05, 0.1) is 6.04 Å². The largest absolute Gasteiger partial charge is 0.481 e. The minimum Gasteiger partial charge on any atom is -0.481 e. The van der Waals surface area contributed by atoms with Crippen LogP contribution < -0.4 is 11.1 Å². The Bertz CT molecular complexity index is 331. The second-order valence-electron chi connectivity index (χ2n) is 5.26. The number of amides is 1. The van der Waals surface area contributed by atoms with Gasteiger partial charge in [0.25, 0.3) is 0 Å². The maximum atomic E-state index is 11.8. The number of aliphatic carboxylic acids is 1. The summed E-state index contributed by atoms with van der Waals surface area (Å²) in [5.74, 6) is -1.14. The Morgan fingerprint density at radius 2 is 2.11 bits per heavy atom. The molecular weight excluding hydrogens is 234 g/mol. The molecule has 6 nitrogen and oxygen atoms in total. The van der Waals surface area contributed by atoms with Gasteiger partial charge in [0.15, 0.2) is 0 Å². The predicted octanol–water partition coefficient (Wildman–Crippen LogP) is -0.469. The van der Waals surface area contributed by atoms with Crippen molar-refractivity contribution in [2.24, 2.45) is 5.73 Å². The van der Waals surface area contributed by atoms with Crippen LogP contribution in [0.2, 0.25) is 0 Å². The van der Waals surface area contributed by atoms with E-state index in [1.54, 1.807) is 0 Å². The molecular formula is C12H21N3O3. The Hall–Kier alpha value is -1.14. The molecule has 1 aliphatic carbocycles. The van der Waals surface area contributed by atoms with Gasteiger partial charge in [-0.3, -0.25) is 14.5 Å². The monoisotopic (exact) mass is 255 g/mol. The number of carbonyl (C=O) groups is 2. The summed E-state index contributed by atoms with van der Waals surface area (Å²) >= 11 is 0.